The van der Waals surface area contributed by atoms with Crippen LogP contribution in [0.2, 0.25) is 0 Å². The van der Waals surface area contributed by atoms with Crippen LogP contribution in [0.15, 0.2) is 30.3 Å². The summed E-state index contributed by atoms with van der Waals surface area (Å²) in [5.41, 5.74) is 7.91. The van der Waals surface area contributed by atoms with E-state index in [9.17, 15) is 5.11 Å². The molecule has 0 saturated carbocycles. The number of aliphatic hydroxyl groups excluding tert-OH is 1. The molecule has 4 heteroatoms. The van der Waals surface area contributed by atoms with Crippen LogP contribution in [0, 0.1) is 0 Å². The molecule has 0 spiro atoms. The SMILES string of the molecule is NCc1cc2ccccc2nc1N1CCCC1CO. The summed E-state index contributed by atoms with van der Waals surface area (Å²) in [7, 11) is 0. The van der Waals surface area contributed by atoms with Crippen molar-refractivity contribution in [2.75, 3.05) is 18.1 Å². The zero-order chi connectivity index (χ0) is 13.2. The maximum atomic E-state index is 9.47. The summed E-state index contributed by atoms with van der Waals surface area (Å²) in [6, 6.07) is 10.4. The molecule has 1 aromatic heterocycles. The predicted octanol–water partition coefficient (Wildman–Crippen LogP) is 1.65. The fraction of sp³-hybridized carbons (Fsp3) is 0.400. The summed E-state index contributed by atoms with van der Waals surface area (Å²) in [6.07, 6.45) is 2.12. The fourth-order valence-corrected chi connectivity index (χ4v) is 2.85. The van der Waals surface area contributed by atoms with Crippen molar-refractivity contribution in [1.82, 2.24) is 4.98 Å². The molecule has 1 fully saturated rings. The number of hydrogen-bond donors (Lipinski definition) is 2. The molecule has 1 unspecified atom stereocenters. The Balaban J connectivity index is 2.10. The number of nitrogens with zero attached hydrogens (tertiary/aromatic N) is 2. The molecule has 1 aromatic carbocycles. The van der Waals surface area contributed by atoms with Crippen LogP contribution in [0.1, 0.15) is 18.4 Å². The zero-order valence-corrected chi connectivity index (χ0v) is 10.9. The number of hydrogen-bond acceptors (Lipinski definition) is 4. The van der Waals surface area contributed by atoms with E-state index in [4.69, 9.17) is 10.7 Å². The number of benzene rings is 1. The number of fused-ring (bicyclic) bond motifs is 1. The Morgan fingerprint density at radius 1 is 1.37 bits per heavy atom. The van der Waals surface area contributed by atoms with E-state index in [0.29, 0.717) is 6.54 Å². The van der Waals surface area contributed by atoms with Crippen molar-refractivity contribution in [2.24, 2.45) is 5.73 Å². The van der Waals surface area contributed by atoms with Crippen molar-refractivity contribution >= 4 is 16.7 Å². The van der Waals surface area contributed by atoms with E-state index < -0.39 is 0 Å². The summed E-state index contributed by atoms with van der Waals surface area (Å²) in [5.74, 6) is 0.942. The largest absolute Gasteiger partial charge is 0.394 e. The van der Waals surface area contributed by atoms with E-state index in [2.05, 4.69) is 17.0 Å². The van der Waals surface area contributed by atoms with Gasteiger partial charge in [-0.3, -0.25) is 0 Å². The minimum Gasteiger partial charge on any atom is -0.394 e. The quantitative estimate of drug-likeness (QED) is 0.877. The second-order valence-corrected chi connectivity index (χ2v) is 5.04. The van der Waals surface area contributed by atoms with Gasteiger partial charge in [0.15, 0.2) is 0 Å². The number of pyridine rings is 1. The van der Waals surface area contributed by atoms with E-state index in [1.807, 2.05) is 18.2 Å². The molecule has 4 nitrogen and oxygen atoms in total. The molecule has 0 radical (unpaired) electrons. The lowest BCUT2D eigenvalue weighted by Gasteiger charge is -2.26. The Morgan fingerprint density at radius 3 is 3.00 bits per heavy atom. The van der Waals surface area contributed by atoms with Gasteiger partial charge in [0.2, 0.25) is 0 Å². The minimum absolute atomic E-state index is 0.179. The average molecular weight is 257 g/mol. The van der Waals surface area contributed by atoms with Crippen LogP contribution in [0.3, 0.4) is 0 Å². The Labute approximate surface area is 112 Å². The highest BCUT2D eigenvalue weighted by molar-refractivity contribution is 5.82. The van der Waals surface area contributed by atoms with Crippen LogP contribution in [-0.4, -0.2) is 29.3 Å². The first-order chi connectivity index (χ1) is 9.33. The van der Waals surface area contributed by atoms with Crippen molar-refractivity contribution in [2.45, 2.75) is 25.4 Å². The van der Waals surface area contributed by atoms with Gasteiger partial charge in [0.05, 0.1) is 18.2 Å². The van der Waals surface area contributed by atoms with Gasteiger partial charge in [-0.15, -0.1) is 0 Å². The van der Waals surface area contributed by atoms with Crippen LogP contribution >= 0.6 is 0 Å². The summed E-state index contributed by atoms with van der Waals surface area (Å²) in [6.45, 7) is 1.60. The topological polar surface area (TPSA) is 62.4 Å². The average Bonchev–Trinajstić information content (AvgIpc) is 2.94. The molecule has 0 bridgehead atoms. The fourth-order valence-electron chi connectivity index (χ4n) is 2.85. The Hall–Kier alpha value is -1.65. The van der Waals surface area contributed by atoms with E-state index >= 15 is 0 Å². The summed E-state index contributed by atoms with van der Waals surface area (Å²) in [5, 5.41) is 10.6. The molecular formula is C15H19N3O. The van der Waals surface area contributed by atoms with Crippen LogP contribution in [0.4, 0.5) is 5.82 Å². The normalized spacial score (nSPS) is 19.3. The number of anilines is 1. The number of aromatic nitrogens is 1. The standard InChI is InChI=1S/C15H19N3O/c16-9-12-8-11-4-1-2-6-14(11)17-15(12)18-7-3-5-13(18)10-19/h1-2,4,6,8,13,19H,3,5,7,9-10,16H2. The van der Waals surface area contributed by atoms with Crippen molar-refractivity contribution in [3.8, 4) is 0 Å². The lowest BCUT2D eigenvalue weighted by atomic mass is 10.1. The number of aliphatic hydroxyl groups is 1. The van der Waals surface area contributed by atoms with Gasteiger partial charge in [-0.05, 0) is 25.0 Å². The third-order valence-corrected chi connectivity index (χ3v) is 3.86. The predicted molar refractivity (Wildman–Crippen MR) is 77.1 cm³/mol. The lowest BCUT2D eigenvalue weighted by Crippen LogP contribution is -2.33. The molecule has 100 valence electrons. The molecule has 0 aliphatic carbocycles. The van der Waals surface area contributed by atoms with Crippen LogP contribution in [0.5, 0.6) is 0 Å². The first kappa shape index (κ1) is 12.4. The summed E-state index contributed by atoms with van der Waals surface area (Å²) >= 11 is 0. The molecule has 0 amide bonds. The van der Waals surface area contributed by atoms with Gasteiger partial charge in [0.1, 0.15) is 5.82 Å². The highest BCUT2D eigenvalue weighted by Crippen LogP contribution is 2.29. The highest BCUT2D eigenvalue weighted by Gasteiger charge is 2.26. The Bertz CT molecular complexity index is 585. The zero-order valence-electron chi connectivity index (χ0n) is 10.9. The smallest absolute Gasteiger partial charge is 0.134 e. The van der Waals surface area contributed by atoms with Gasteiger partial charge in [-0.1, -0.05) is 18.2 Å². The molecule has 1 aliphatic heterocycles. The van der Waals surface area contributed by atoms with E-state index in [1.165, 1.54) is 0 Å². The Morgan fingerprint density at radius 2 is 2.21 bits per heavy atom. The maximum absolute atomic E-state index is 9.47. The van der Waals surface area contributed by atoms with Crippen molar-refractivity contribution < 1.29 is 5.11 Å². The molecule has 19 heavy (non-hydrogen) atoms. The number of rotatable bonds is 3. The van der Waals surface area contributed by atoms with Crippen LogP contribution < -0.4 is 10.6 Å². The van der Waals surface area contributed by atoms with E-state index in [-0.39, 0.29) is 12.6 Å². The summed E-state index contributed by atoms with van der Waals surface area (Å²) in [4.78, 5) is 6.96. The van der Waals surface area contributed by atoms with E-state index in [1.54, 1.807) is 0 Å². The minimum atomic E-state index is 0.179. The first-order valence-electron chi connectivity index (χ1n) is 6.79. The molecule has 3 N–H and O–H groups in total. The molecule has 2 aromatic rings. The maximum Gasteiger partial charge on any atom is 0.134 e. The molecule has 1 saturated heterocycles. The summed E-state index contributed by atoms with van der Waals surface area (Å²) < 4.78 is 0. The molecule has 1 aliphatic rings. The van der Waals surface area contributed by atoms with Gasteiger partial charge in [-0.25, -0.2) is 4.98 Å². The molecule has 3 rings (SSSR count). The third-order valence-electron chi connectivity index (χ3n) is 3.86. The first-order valence-corrected chi connectivity index (χ1v) is 6.79. The molecule has 2 heterocycles. The van der Waals surface area contributed by atoms with E-state index in [0.717, 1.165) is 41.7 Å². The van der Waals surface area contributed by atoms with Gasteiger partial charge < -0.3 is 15.7 Å². The second kappa shape index (κ2) is 5.15. The third kappa shape index (κ3) is 2.17. The van der Waals surface area contributed by atoms with Crippen LogP contribution in [0.25, 0.3) is 10.9 Å². The second-order valence-electron chi connectivity index (χ2n) is 5.04. The van der Waals surface area contributed by atoms with Crippen molar-refractivity contribution in [1.29, 1.82) is 0 Å². The lowest BCUT2D eigenvalue weighted by molar-refractivity contribution is 0.266. The van der Waals surface area contributed by atoms with Crippen molar-refractivity contribution in [3.63, 3.8) is 0 Å². The number of nitrogens with two attached hydrogens (primary N) is 1. The molecule has 1 atom stereocenters. The van der Waals surface area contributed by atoms with Gasteiger partial charge in [0.25, 0.3) is 0 Å². The molecular weight excluding hydrogens is 238 g/mol. The van der Waals surface area contributed by atoms with Gasteiger partial charge in [0, 0.05) is 24.0 Å². The van der Waals surface area contributed by atoms with Gasteiger partial charge >= 0.3 is 0 Å². The van der Waals surface area contributed by atoms with Gasteiger partial charge in [-0.2, -0.15) is 0 Å². The highest BCUT2D eigenvalue weighted by atomic mass is 16.3. The van der Waals surface area contributed by atoms with Crippen molar-refractivity contribution in [3.05, 3.63) is 35.9 Å². The van der Waals surface area contributed by atoms with Crippen LogP contribution in [-0.2, 0) is 6.54 Å². The number of para-hydroxylation sites is 1. The Kier molecular flexibility index (Phi) is 3.36. The monoisotopic (exact) mass is 257 g/mol.